The SMILES string of the molecule is Cc1cc2cc(F)cc(C3=CN(CCC(C(=O)C4CCCCC4)c4ccccn4)CC3)c2o1. The van der Waals surface area contributed by atoms with Crippen LogP contribution in [0.15, 0.2) is 53.2 Å². The molecule has 1 atom stereocenters. The van der Waals surface area contributed by atoms with Crippen molar-refractivity contribution in [2.75, 3.05) is 13.1 Å². The average Bonchev–Trinajstić information content (AvgIpc) is 3.45. The molecule has 0 amide bonds. The molecule has 4 nitrogen and oxygen atoms in total. The summed E-state index contributed by atoms with van der Waals surface area (Å²) in [6, 6.07) is 10.8. The lowest BCUT2D eigenvalue weighted by Gasteiger charge is -2.26. The van der Waals surface area contributed by atoms with Gasteiger partial charge in [0.25, 0.3) is 0 Å². The van der Waals surface area contributed by atoms with E-state index in [0.717, 1.165) is 85.2 Å². The van der Waals surface area contributed by atoms with E-state index in [2.05, 4.69) is 16.1 Å². The van der Waals surface area contributed by atoms with Gasteiger partial charge in [0.1, 0.15) is 22.9 Å². The minimum Gasteiger partial charge on any atom is -0.461 e. The molecule has 1 aliphatic heterocycles. The first-order valence-corrected chi connectivity index (χ1v) is 12.2. The molecule has 1 fully saturated rings. The average molecular weight is 447 g/mol. The fourth-order valence-corrected chi connectivity index (χ4v) is 5.46. The number of fused-ring (bicyclic) bond motifs is 1. The Labute approximate surface area is 194 Å². The summed E-state index contributed by atoms with van der Waals surface area (Å²) in [5.74, 6) is 0.894. The standard InChI is InChI=1S/C28H31FN2O2/c1-19-15-22-16-23(29)17-25(28(22)33-19)21-10-13-31(18-21)14-11-24(26-9-5-6-12-30-26)27(32)20-7-3-2-4-8-20/h5-6,9,12,15-18,20,24H,2-4,7-8,10-11,13-14H2,1H3. The molecule has 0 N–H and O–H groups in total. The maximum atomic E-state index is 14.2. The van der Waals surface area contributed by atoms with Gasteiger partial charge in [-0.25, -0.2) is 4.39 Å². The number of carbonyl (C=O) groups is 1. The Morgan fingerprint density at radius 2 is 2.06 bits per heavy atom. The fourth-order valence-electron chi connectivity index (χ4n) is 5.46. The lowest BCUT2D eigenvalue weighted by molar-refractivity contribution is -0.125. The summed E-state index contributed by atoms with van der Waals surface area (Å²) in [6.45, 7) is 3.52. The van der Waals surface area contributed by atoms with Gasteiger partial charge in [0.15, 0.2) is 0 Å². The molecule has 172 valence electrons. The molecule has 3 heterocycles. The van der Waals surface area contributed by atoms with Crippen LogP contribution in [0.3, 0.4) is 0 Å². The Morgan fingerprint density at radius 1 is 1.21 bits per heavy atom. The minimum absolute atomic E-state index is 0.165. The van der Waals surface area contributed by atoms with Crippen molar-refractivity contribution in [1.29, 1.82) is 0 Å². The lowest BCUT2D eigenvalue weighted by atomic mass is 9.79. The van der Waals surface area contributed by atoms with Crippen molar-refractivity contribution >= 4 is 22.3 Å². The van der Waals surface area contributed by atoms with E-state index < -0.39 is 0 Å². The summed E-state index contributed by atoms with van der Waals surface area (Å²) >= 11 is 0. The second-order valence-corrected chi connectivity index (χ2v) is 9.50. The molecule has 0 bridgehead atoms. The van der Waals surface area contributed by atoms with Crippen molar-refractivity contribution in [1.82, 2.24) is 9.88 Å². The smallest absolute Gasteiger partial charge is 0.145 e. The van der Waals surface area contributed by atoms with Crippen molar-refractivity contribution in [3.05, 3.63) is 71.6 Å². The van der Waals surface area contributed by atoms with Gasteiger partial charge in [-0.1, -0.05) is 25.3 Å². The maximum absolute atomic E-state index is 14.2. The second-order valence-electron chi connectivity index (χ2n) is 9.50. The number of furan rings is 1. The molecule has 5 heteroatoms. The summed E-state index contributed by atoms with van der Waals surface area (Å²) < 4.78 is 20.1. The van der Waals surface area contributed by atoms with Gasteiger partial charge in [-0.15, -0.1) is 0 Å². The Balaban J connectivity index is 1.34. The van der Waals surface area contributed by atoms with Crippen LogP contribution in [0.2, 0.25) is 0 Å². The topological polar surface area (TPSA) is 46.3 Å². The van der Waals surface area contributed by atoms with Crippen LogP contribution in [0.4, 0.5) is 4.39 Å². The molecule has 0 radical (unpaired) electrons. The van der Waals surface area contributed by atoms with Crippen LogP contribution < -0.4 is 0 Å². The van der Waals surface area contributed by atoms with E-state index in [1.54, 1.807) is 12.3 Å². The number of rotatable bonds is 7. The molecule has 33 heavy (non-hydrogen) atoms. The number of benzene rings is 1. The van der Waals surface area contributed by atoms with Crippen LogP contribution >= 0.6 is 0 Å². The van der Waals surface area contributed by atoms with Gasteiger partial charge in [-0.05, 0) is 68.5 Å². The predicted octanol–water partition coefficient (Wildman–Crippen LogP) is 6.65. The zero-order valence-electron chi connectivity index (χ0n) is 19.2. The number of aromatic nitrogens is 1. The Kier molecular flexibility index (Phi) is 6.30. The molecule has 1 saturated carbocycles. The summed E-state index contributed by atoms with van der Waals surface area (Å²) in [7, 11) is 0. The Hall–Kier alpha value is -2.95. The molecule has 1 aromatic carbocycles. The molecular formula is C28H31FN2O2. The van der Waals surface area contributed by atoms with E-state index in [0.29, 0.717) is 5.78 Å². The van der Waals surface area contributed by atoms with Gasteiger partial charge in [0.2, 0.25) is 0 Å². The highest BCUT2D eigenvalue weighted by Gasteiger charge is 2.30. The van der Waals surface area contributed by atoms with E-state index in [9.17, 15) is 9.18 Å². The zero-order chi connectivity index (χ0) is 22.8. The number of aryl methyl sites for hydroxylation is 1. The number of ketones is 1. The van der Waals surface area contributed by atoms with Crippen LogP contribution in [-0.2, 0) is 4.79 Å². The van der Waals surface area contributed by atoms with E-state index in [4.69, 9.17) is 4.42 Å². The molecule has 1 unspecified atom stereocenters. The quantitative estimate of drug-likeness (QED) is 0.408. The van der Waals surface area contributed by atoms with Crippen molar-refractivity contribution in [2.45, 2.75) is 57.8 Å². The van der Waals surface area contributed by atoms with Gasteiger partial charge in [0.05, 0.1) is 11.6 Å². The van der Waals surface area contributed by atoms with Crippen molar-refractivity contribution < 1.29 is 13.6 Å². The molecule has 1 aliphatic carbocycles. The van der Waals surface area contributed by atoms with Crippen LogP contribution in [0.25, 0.3) is 16.5 Å². The number of carbonyl (C=O) groups excluding carboxylic acids is 1. The monoisotopic (exact) mass is 446 g/mol. The highest BCUT2D eigenvalue weighted by atomic mass is 19.1. The van der Waals surface area contributed by atoms with Gasteiger partial charge in [-0.3, -0.25) is 9.78 Å². The largest absolute Gasteiger partial charge is 0.461 e. The molecule has 2 aromatic heterocycles. The third kappa shape index (κ3) is 4.73. The minimum atomic E-state index is -0.244. The first-order chi connectivity index (χ1) is 16.1. The predicted molar refractivity (Wildman–Crippen MR) is 128 cm³/mol. The van der Waals surface area contributed by atoms with E-state index in [-0.39, 0.29) is 17.7 Å². The zero-order valence-corrected chi connectivity index (χ0v) is 19.2. The summed E-state index contributed by atoms with van der Waals surface area (Å²) in [4.78, 5) is 20.2. The molecular weight excluding hydrogens is 415 g/mol. The van der Waals surface area contributed by atoms with Crippen LogP contribution in [-0.4, -0.2) is 28.8 Å². The van der Waals surface area contributed by atoms with Crippen LogP contribution in [0, 0.1) is 18.7 Å². The van der Waals surface area contributed by atoms with E-state index in [1.807, 2.05) is 31.2 Å². The number of hydrogen-bond acceptors (Lipinski definition) is 4. The number of halogens is 1. The van der Waals surface area contributed by atoms with Crippen LogP contribution in [0.5, 0.6) is 0 Å². The van der Waals surface area contributed by atoms with Crippen molar-refractivity contribution in [2.24, 2.45) is 5.92 Å². The van der Waals surface area contributed by atoms with E-state index >= 15 is 0 Å². The first kappa shape index (κ1) is 21.9. The third-order valence-corrected chi connectivity index (χ3v) is 7.16. The Morgan fingerprint density at radius 3 is 2.85 bits per heavy atom. The lowest BCUT2D eigenvalue weighted by Crippen LogP contribution is -2.28. The molecule has 0 saturated heterocycles. The number of hydrogen-bond donors (Lipinski definition) is 0. The van der Waals surface area contributed by atoms with E-state index in [1.165, 1.54) is 12.5 Å². The summed E-state index contributed by atoms with van der Waals surface area (Å²) in [5, 5.41) is 0.801. The Bertz CT molecular complexity index is 1160. The van der Waals surface area contributed by atoms with Gasteiger partial charge < -0.3 is 9.32 Å². The molecule has 2 aliphatic rings. The van der Waals surface area contributed by atoms with Gasteiger partial charge in [0, 0.05) is 42.4 Å². The maximum Gasteiger partial charge on any atom is 0.145 e. The summed E-state index contributed by atoms with van der Waals surface area (Å²) in [6.07, 6.45) is 11.0. The molecule has 5 rings (SSSR count). The van der Waals surface area contributed by atoms with Gasteiger partial charge >= 0.3 is 0 Å². The highest BCUT2D eigenvalue weighted by Crippen LogP contribution is 2.35. The van der Waals surface area contributed by atoms with Crippen molar-refractivity contribution in [3.8, 4) is 0 Å². The van der Waals surface area contributed by atoms with Crippen molar-refractivity contribution in [3.63, 3.8) is 0 Å². The van der Waals surface area contributed by atoms with Gasteiger partial charge in [-0.2, -0.15) is 0 Å². The second kappa shape index (κ2) is 9.50. The number of pyridine rings is 1. The normalized spacial score (nSPS) is 18.0. The first-order valence-electron chi connectivity index (χ1n) is 12.2. The van der Waals surface area contributed by atoms with Crippen LogP contribution in [0.1, 0.15) is 67.9 Å². The molecule has 0 spiro atoms. The number of Topliss-reactive ketones (excluding diaryl/α,β-unsaturated/α-hetero) is 1. The number of nitrogens with zero attached hydrogens (tertiary/aromatic N) is 2. The fraction of sp³-hybridized carbons (Fsp3) is 0.429. The summed E-state index contributed by atoms with van der Waals surface area (Å²) in [5.41, 5.74) is 3.55. The highest BCUT2D eigenvalue weighted by molar-refractivity contribution is 5.91. The third-order valence-electron chi connectivity index (χ3n) is 7.16. The molecule has 3 aromatic rings.